The third-order valence-electron chi connectivity index (χ3n) is 7.12. The van der Waals surface area contributed by atoms with Crippen LogP contribution in [-0.4, -0.2) is 28.8 Å². The molecule has 2 fully saturated rings. The zero-order chi connectivity index (χ0) is 19.5. The van der Waals surface area contributed by atoms with Crippen LogP contribution in [0.3, 0.4) is 0 Å². The zero-order valence-corrected chi connectivity index (χ0v) is 17.2. The number of hydrogen-bond acceptors (Lipinski definition) is 2. The van der Waals surface area contributed by atoms with Crippen molar-refractivity contribution < 1.29 is 9.59 Å². The molecule has 1 N–H and O–H groups in total. The summed E-state index contributed by atoms with van der Waals surface area (Å²) < 4.78 is 0. The Kier molecular flexibility index (Phi) is 6.03. The van der Waals surface area contributed by atoms with E-state index in [0.717, 1.165) is 43.2 Å². The Morgan fingerprint density at radius 2 is 1.57 bits per heavy atom. The summed E-state index contributed by atoms with van der Waals surface area (Å²) in [5.41, 5.74) is 1.62. The third-order valence-corrected chi connectivity index (χ3v) is 7.12. The van der Waals surface area contributed by atoms with Gasteiger partial charge in [0.15, 0.2) is 0 Å². The van der Waals surface area contributed by atoms with Crippen LogP contribution in [0.25, 0.3) is 0 Å². The van der Waals surface area contributed by atoms with Crippen molar-refractivity contribution >= 4 is 11.8 Å². The molecule has 0 spiro atoms. The van der Waals surface area contributed by atoms with Crippen molar-refractivity contribution in [3.8, 4) is 0 Å². The van der Waals surface area contributed by atoms with Crippen molar-refractivity contribution in [2.45, 2.75) is 95.7 Å². The van der Waals surface area contributed by atoms with Gasteiger partial charge in [0.25, 0.3) is 5.91 Å². The quantitative estimate of drug-likeness (QED) is 0.800. The number of carbonyl (C=O) groups is 2. The Balaban J connectivity index is 1.59. The molecule has 3 atom stereocenters. The van der Waals surface area contributed by atoms with Gasteiger partial charge in [-0.1, -0.05) is 70.1 Å². The highest BCUT2D eigenvalue weighted by atomic mass is 16.2. The molecule has 4 nitrogen and oxygen atoms in total. The van der Waals surface area contributed by atoms with Crippen molar-refractivity contribution in [1.29, 1.82) is 0 Å². The van der Waals surface area contributed by atoms with Gasteiger partial charge < -0.3 is 10.2 Å². The van der Waals surface area contributed by atoms with Crippen molar-refractivity contribution in [2.24, 2.45) is 5.92 Å². The first-order valence-corrected chi connectivity index (χ1v) is 11.4. The average Bonchev–Trinajstić information content (AvgIpc) is 2.97. The molecule has 1 aromatic rings. The van der Waals surface area contributed by atoms with E-state index in [0.29, 0.717) is 5.92 Å². The second-order valence-electron chi connectivity index (χ2n) is 9.08. The molecule has 3 aliphatic rings. The minimum absolute atomic E-state index is 0.0293. The molecule has 28 heavy (non-hydrogen) atoms. The second kappa shape index (κ2) is 8.67. The summed E-state index contributed by atoms with van der Waals surface area (Å²) in [7, 11) is 0. The highest BCUT2D eigenvalue weighted by Gasteiger charge is 2.46. The summed E-state index contributed by atoms with van der Waals surface area (Å²) in [6.45, 7) is 2.24. The molecule has 1 aliphatic heterocycles. The van der Waals surface area contributed by atoms with Crippen LogP contribution >= 0.6 is 0 Å². The highest BCUT2D eigenvalue weighted by Crippen LogP contribution is 2.40. The fourth-order valence-electron chi connectivity index (χ4n) is 5.54. The fraction of sp³-hybridized carbons (Fsp3) is 0.667. The molecule has 1 aromatic carbocycles. The number of nitrogens with zero attached hydrogens (tertiary/aromatic N) is 1. The Morgan fingerprint density at radius 1 is 0.929 bits per heavy atom. The van der Waals surface area contributed by atoms with E-state index in [1.807, 2.05) is 29.2 Å². The minimum Gasteiger partial charge on any atom is -0.351 e. The lowest BCUT2D eigenvalue weighted by atomic mass is 9.84. The van der Waals surface area contributed by atoms with E-state index < -0.39 is 6.04 Å². The largest absolute Gasteiger partial charge is 0.351 e. The molecule has 2 saturated carbocycles. The second-order valence-corrected chi connectivity index (χ2v) is 9.08. The predicted octanol–water partition coefficient (Wildman–Crippen LogP) is 4.99. The number of rotatable bonds is 3. The van der Waals surface area contributed by atoms with Crippen molar-refractivity contribution in [2.75, 3.05) is 0 Å². The van der Waals surface area contributed by atoms with E-state index >= 15 is 0 Å². The minimum atomic E-state index is -0.459. The monoisotopic (exact) mass is 382 g/mol. The van der Waals surface area contributed by atoms with Crippen LogP contribution in [0.2, 0.25) is 0 Å². The molecule has 152 valence electrons. The van der Waals surface area contributed by atoms with Crippen LogP contribution in [0.5, 0.6) is 0 Å². The summed E-state index contributed by atoms with van der Waals surface area (Å²) in [5.74, 6) is 0.525. The Hall–Kier alpha value is -1.84. The maximum atomic E-state index is 13.5. The topological polar surface area (TPSA) is 49.4 Å². The van der Waals surface area contributed by atoms with Crippen LogP contribution in [0, 0.1) is 5.92 Å². The first-order valence-electron chi connectivity index (χ1n) is 11.4. The van der Waals surface area contributed by atoms with E-state index in [1.165, 1.54) is 38.5 Å². The summed E-state index contributed by atoms with van der Waals surface area (Å²) in [5, 5.41) is 3.34. The number of amides is 2. The normalized spacial score (nSPS) is 29.1. The number of benzene rings is 1. The summed E-state index contributed by atoms with van der Waals surface area (Å²) >= 11 is 0. The van der Waals surface area contributed by atoms with Gasteiger partial charge in [-0.3, -0.25) is 9.59 Å². The molecular weight excluding hydrogens is 348 g/mol. The molecule has 1 heterocycles. The standard InChI is InChI=1S/C24H34N2O2/c1-17-11-7-10-16-21(17)26-22(19-14-8-9-15-20(19)24(26)28)23(27)25-18-12-5-3-2-4-6-13-18/h8-9,14-15,17-18,21-22H,2-7,10-13,16H2,1H3,(H,25,27)/t17-,21-,22+/m1/s1. The Labute approximate surface area is 169 Å². The van der Waals surface area contributed by atoms with Crippen LogP contribution < -0.4 is 5.32 Å². The van der Waals surface area contributed by atoms with E-state index in [9.17, 15) is 9.59 Å². The number of fused-ring (bicyclic) bond motifs is 1. The SMILES string of the molecule is C[C@@H]1CCCC[C@H]1N1C(=O)c2ccccc2[C@H]1C(=O)NC1CCCCCCC1. The molecule has 0 aromatic heterocycles. The van der Waals surface area contributed by atoms with E-state index in [-0.39, 0.29) is 23.9 Å². The number of hydrogen-bond donors (Lipinski definition) is 1. The van der Waals surface area contributed by atoms with E-state index in [2.05, 4.69) is 12.2 Å². The van der Waals surface area contributed by atoms with Gasteiger partial charge >= 0.3 is 0 Å². The molecule has 2 aliphatic carbocycles. The summed E-state index contributed by atoms with van der Waals surface area (Å²) in [6, 6.07) is 7.69. The lowest BCUT2D eigenvalue weighted by Crippen LogP contribution is -2.49. The van der Waals surface area contributed by atoms with Gasteiger partial charge in [0, 0.05) is 17.6 Å². The van der Waals surface area contributed by atoms with E-state index in [1.54, 1.807) is 0 Å². The van der Waals surface area contributed by atoms with E-state index in [4.69, 9.17) is 0 Å². The lowest BCUT2D eigenvalue weighted by molar-refractivity contribution is -0.127. The van der Waals surface area contributed by atoms with Crippen LogP contribution in [-0.2, 0) is 4.79 Å². The van der Waals surface area contributed by atoms with Gasteiger partial charge in [-0.2, -0.15) is 0 Å². The molecule has 4 rings (SSSR count). The molecule has 0 saturated heterocycles. The predicted molar refractivity (Wildman–Crippen MR) is 111 cm³/mol. The van der Waals surface area contributed by atoms with Crippen molar-refractivity contribution in [3.05, 3.63) is 35.4 Å². The van der Waals surface area contributed by atoms with Crippen molar-refractivity contribution in [1.82, 2.24) is 10.2 Å². The van der Waals surface area contributed by atoms with Gasteiger partial charge in [0.2, 0.25) is 5.91 Å². The highest BCUT2D eigenvalue weighted by molar-refractivity contribution is 6.05. The molecule has 4 heteroatoms. The summed E-state index contributed by atoms with van der Waals surface area (Å²) in [6.07, 6.45) is 12.9. The summed E-state index contributed by atoms with van der Waals surface area (Å²) in [4.78, 5) is 28.7. The van der Waals surface area contributed by atoms with Gasteiger partial charge in [-0.15, -0.1) is 0 Å². The molecule has 0 radical (unpaired) electrons. The lowest BCUT2D eigenvalue weighted by Gasteiger charge is -2.39. The van der Waals surface area contributed by atoms with Gasteiger partial charge in [0.1, 0.15) is 6.04 Å². The van der Waals surface area contributed by atoms with Gasteiger partial charge in [-0.05, 0) is 43.2 Å². The average molecular weight is 383 g/mol. The third kappa shape index (κ3) is 3.83. The molecular formula is C24H34N2O2. The maximum absolute atomic E-state index is 13.5. The van der Waals surface area contributed by atoms with Gasteiger partial charge in [-0.25, -0.2) is 0 Å². The Morgan fingerprint density at radius 3 is 2.32 bits per heavy atom. The number of carbonyl (C=O) groups excluding carboxylic acids is 2. The fourth-order valence-corrected chi connectivity index (χ4v) is 5.54. The first-order chi connectivity index (χ1) is 13.7. The molecule has 2 amide bonds. The molecule has 0 bridgehead atoms. The maximum Gasteiger partial charge on any atom is 0.255 e. The van der Waals surface area contributed by atoms with Crippen molar-refractivity contribution in [3.63, 3.8) is 0 Å². The smallest absolute Gasteiger partial charge is 0.255 e. The number of nitrogens with one attached hydrogen (secondary N) is 1. The first kappa shape index (κ1) is 19.5. The van der Waals surface area contributed by atoms with Gasteiger partial charge in [0.05, 0.1) is 0 Å². The van der Waals surface area contributed by atoms with Crippen LogP contribution in [0.15, 0.2) is 24.3 Å². The van der Waals surface area contributed by atoms with Crippen LogP contribution in [0.4, 0.5) is 0 Å². The van der Waals surface area contributed by atoms with Crippen LogP contribution in [0.1, 0.15) is 99.5 Å². The zero-order valence-electron chi connectivity index (χ0n) is 17.2. The Bertz CT molecular complexity index is 708. The molecule has 0 unspecified atom stereocenters.